The van der Waals surface area contributed by atoms with Crippen LogP contribution in [0.25, 0.3) is 0 Å². The monoisotopic (exact) mass is 432 g/mol. The van der Waals surface area contributed by atoms with Gasteiger partial charge in [-0.25, -0.2) is 17.5 Å². The maximum absolute atomic E-state index is 15.2. The lowest BCUT2D eigenvalue weighted by Gasteiger charge is -2.34. The molecule has 30 heavy (non-hydrogen) atoms. The van der Waals surface area contributed by atoms with Crippen LogP contribution in [0.3, 0.4) is 0 Å². The molecule has 0 spiro atoms. The largest absolute Gasteiger partial charge is 0.337 e. The van der Waals surface area contributed by atoms with E-state index in [1.807, 2.05) is 0 Å². The average molecular weight is 433 g/mol. The van der Waals surface area contributed by atoms with Crippen molar-refractivity contribution in [2.24, 2.45) is 11.3 Å². The van der Waals surface area contributed by atoms with Crippen molar-refractivity contribution < 1.29 is 17.6 Å². The van der Waals surface area contributed by atoms with Crippen molar-refractivity contribution in [3.05, 3.63) is 35.1 Å². The van der Waals surface area contributed by atoms with Crippen LogP contribution in [0.1, 0.15) is 56.6 Å². The Morgan fingerprint density at radius 3 is 2.63 bits per heavy atom. The van der Waals surface area contributed by atoms with Gasteiger partial charge in [0.05, 0.1) is 17.9 Å². The number of benzene rings is 1. The van der Waals surface area contributed by atoms with Crippen LogP contribution >= 0.6 is 0 Å². The number of rotatable bonds is 5. The highest BCUT2D eigenvalue weighted by Gasteiger charge is 2.42. The normalized spacial score (nSPS) is 25.4. The molecular formula is C23H29FN2O3S. The molecule has 2 atom stereocenters. The molecule has 1 heterocycles. The van der Waals surface area contributed by atoms with Gasteiger partial charge >= 0.3 is 0 Å². The van der Waals surface area contributed by atoms with Crippen LogP contribution in [-0.4, -0.2) is 44.1 Å². The summed E-state index contributed by atoms with van der Waals surface area (Å²) in [6.45, 7) is 2.57. The van der Waals surface area contributed by atoms with Gasteiger partial charge in [0.1, 0.15) is 5.82 Å². The lowest BCUT2D eigenvalue weighted by molar-refractivity contribution is -0.139. The SMILES string of the molecule is CC1(C#Cc2cccc(CC3C(NS(C)(=O)=O)CCN3C(=O)C3CCC3)c2F)CC1. The molecule has 4 rings (SSSR count). The first-order valence-corrected chi connectivity index (χ1v) is 12.6. The van der Waals surface area contributed by atoms with Crippen LogP contribution in [0.4, 0.5) is 4.39 Å². The maximum Gasteiger partial charge on any atom is 0.225 e. The van der Waals surface area contributed by atoms with Crippen LogP contribution in [0, 0.1) is 29.0 Å². The van der Waals surface area contributed by atoms with Crippen LogP contribution < -0.4 is 4.72 Å². The summed E-state index contributed by atoms with van der Waals surface area (Å²) in [4.78, 5) is 14.7. The summed E-state index contributed by atoms with van der Waals surface area (Å²) in [5, 5.41) is 0. The molecule has 2 unspecified atom stereocenters. The number of nitrogens with zero attached hydrogens (tertiary/aromatic N) is 1. The number of carbonyl (C=O) groups is 1. The second kappa shape index (κ2) is 7.97. The second-order valence-electron chi connectivity index (χ2n) is 9.31. The predicted molar refractivity (Wildman–Crippen MR) is 114 cm³/mol. The van der Waals surface area contributed by atoms with Gasteiger partial charge in [-0.2, -0.15) is 0 Å². The van der Waals surface area contributed by atoms with Gasteiger partial charge in [0.2, 0.25) is 15.9 Å². The predicted octanol–water partition coefficient (Wildman–Crippen LogP) is 2.84. The van der Waals surface area contributed by atoms with Gasteiger partial charge in [-0.05, 0) is 57.1 Å². The third-order valence-electron chi connectivity index (χ3n) is 6.66. The Balaban J connectivity index is 1.59. The van der Waals surface area contributed by atoms with Gasteiger partial charge in [-0.15, -0.1) is 0 Å². The number of hydrogen-bond donors (Lipinski definition) is 1. The summed E-state index contributed by atoms with van der Waals surface area (Å²) in [7, 11) is -3.43. The highest BCUT2D eigenvalue weighted by atomic mass is 32.2. The zero-order chi connectivity index (χ0) is 21.5. The van der Waals surface area contributed by atoms with Gasteiger partial charge in [0.25, 0.3) is 0 Å². The molecule has 3 aliphatic rings. The lowest BCUT2D eigenvalue weighted by atomic mass is 9.84. The second-order valence-corrected chi connectivity index (χ2v) is 11.1. The van der Waals surface area contributed by atoms with Crippen molar-refractivity contribution in [1.29, 1.82) is 0 Å². The molecule has 1 aliphatic heterocycles. The van der Waals surface area contributed by atoms with Crippen LogP contribution in [0.5, 0.6) is 0 Å². The molecular weight excluding hydrogens is 403 g/mol. The molecule has 0 aromatic heterocycles. The molecule has 7 heteroatoms. The quantitative estimate of drug-likeness (QED) is 0.728. The van der Waals surface area contributed by atoms with E-state index in [4.69, 9.17) is 0 Å². The first kappa shape index (κ1) is 21.3. The van der Waals surface area contributed by atoms with Crippen LogP contribution in [0.2, 0.25) is 0 Å². The molecule has 1 aromatic rings. The molecule has 1 N–H and O–H groups in total. The minimum Gasteiger partial charge on any atom is -0.337 e. The Hall–Kier alpha value is -1.91. The van der Waals surface area contributed by atoms with E-state index in [9.17, 15) is 13.2 Å². The molecule has 1 amide bonds. The van der Waals surface area contributed by atoms with Gasteiger partial charge < -0.3 is 4.90 Å². The zero-order valence-corrected chi connectivity index (χ0v) is 18.4. The van der Waals surface area contributed by atoms with E-state index in [-0.39, 0.29) is 29.5 Å². The summed E-state index contributed by atoms with van der Waals surface area (Å²) >= 11 is 0. The lowest BCUT2D eigenvalue weighted by Crippen LogP contribution is -2.49. The number of carbonyl (C=O) groups excluding carboxylic acids is 1. The van der Waals surface area contributed by atoms with Crippen molar-refractivity contribution in [2.75, 3.05) is 12.8 Å². The number of amides is 1. The minimum absolute atomic E-state index is 0.00435. The molecule has 162 valence electrons. The summed E-state index contributed by atoms with van der Waals surface area (Å²) in [6.07, 6.45) is 6.82. The Bertz CT molecular complexity index is 1000. The minimum atomic E-state index is -3.43. The zero-order valence-electron chi connectivity index (χ0n) is 17.6. The van der Waals surface area contributed by atoms with Crippen LogP contribution in [0.15, 0.2) is 18.2 Å². The van der Waals surface area contributed by atoms with Crippen LogP contribution in [-0.2, 0) is 21.2 Å². The van der Waals surface area contributed by atoms with E-state index in [2.05, 4.69) is 23.5 Å². The van der Waals surface area contributed by atoms with Gasteiger partial charge in [-0.3, -0.25) is 4.79 Å². The molecule has 2 saturated carbocycles. The molecule has 3 fully saturated rings. The fourth-order valence-corrected chi connectivity index (χ4v) is 5.10. The van der Waals surface area contributed by atoms with Crippen molar-refractivity contribution in [1.82, 2.24) is 9.62 Å². The smallest absolute Gasteiger partial charge is 0.225 e. The Morgan fingerprint density at radius 2 is 2.03 bits per heavy atom. The van der Waals surface area contributed by atoms with Crippen molar-refractivity contribution in [2.45, 2.75) is 64.0 Å². The Morgan fingerprint density at radius 1 is 1.30 bits per heavy atom. The van der Waals surface area contributed by atoms with E-state index < -0.39 is 22.1 Å². The number of nitrogens with one attached hydrogen (secondary N) is 1. The third kappa shape index (κ3) is 4.70. The van der Waals surface area contributed by atoms with Gasteiger partial charge in [0.15, 0.2) is 0 Å². The standard InChI is InChI=1S/C23H29FN2O3S/c1-23(12-13-23)11-9-16-5-3-8-18(21(16)24)15-20-19(25-30(2,28)29)10-14-26(20)22(27)17-6-4-7-17/h3,5,8,17,19-20,25H,4,6-7,10,12-15H2,1-2H3. The number of likely N-dealkylation sites (tertiary alicyclic amines) is 1. The highest BCUT2D eigenvalue weighted by Crippen LogP contribution is 2.44. The first-order chi connectivity index (χ1) is 14.2. The van der Waals surface area contributed by atoms with E-state index in [1.54, 1.807) is 23.1 Å². The summed E-state index contributed by atoms with van der Waals surface area (Å²) in [6, 6.07) is 4.36. The molecule has 1 saturated heterocycles. The fraction of sp³-hybridized carbons (Fsp3) is 0.609. The molecule has 0 bridgehead atoms. The van der Waals surface area contributed by atoms with E-state index in [0.29, 0.717) is 24.1 Å². The van der Waals surface area contributed by atoms with Gasteiger partial charge in [-0.1, -0.05) is 30.4 Å². The molecule has 0 radical (unpaired) electrons. The average Bonchev–Trinajstić information content (AvgIpc) is 3.23. The Kier molecular flexibility index (Phi) is 5.67. The molecule has 5 nitrogen and oxygen atoms in total. The maximum atomic E-state index is 15.2. The van der Waals surface area contributed by atoms with Gasteiger partial charge in [0, 0.05) is 23.9 Å². The van der Waals surface area contributed by atoms with Crippen molar-refractivity contribution >= 4 is 15.9 Å². The van der Waals surface area contributed by atoms with Crippen molar-refractivity contribution in [3.8, 4) is 11.8 Å². The number of sulfonamides is 1. The Labute approximate surface area is 178 Å². The van der Waals surface area contributed by atoms with E-state index in [1.165, 1.54) is 0 Å². The number of hydrogen-bond acceptors (Lipinski definition) is 3. The highest BCUT2D eigenvalue weighted by molar-refractivity contribution is 7.88. The van der Waals surface area contributed by atoms with E-state index >= 15 is 4.39 Å². The molecule has 1 aromatic carbocycles. The van der Waals surface area contributed by atoms with Crippen molar-refractivity contribution in [3.63, 3.8) is 0 Å². The summed E-state index contributed by atoms with van der Waals surface area (Å²) < 4.78 is 41.6. The third-order valence-corrected chi connectivity index (χ3v) is 7.39. The topological polar surface area (TPSA) is 66.5 Å². The first-order valence-electron chi connectivity index (χ1n) is 10.7. The fourth-order valence-electron chi connectivity index (χ4n) is 4.27. The number of halogens is 1. The summed E-state index contributed by atoms with van der Waals surface area (Å²) in [5.41, 5.74) is 0.842. The molecule has 2 aliphatic carbocycles. The van der Waals surface area contributed by atoms with E-state index in [0.717, 1.165) is 38.4 Å². The summed E-state index contributed by atoms with van der Waals surface area (Å²) in [5.74, 6) is 5.87.